The fourth-order valence-electron chi connectivity index (χ4n) is 8.61. The number of anilines is 4. The first-order chi connectivity index (χ1) is 32.8. The van der Waals surface area contributed by atoms with Crippen LogP contribution in [-0.4, -0.2) is 28.4 Å². The number of hydrogen-bond donors (Lipinski definition) is 3. The number of carbonyl (C=O) groups excluding carboxylic acids is 3. The SMILES string of the molecule is CCC(C)(C)C(=O)NC1=CC(=[N+](\c2ccccc2)c2cccc3ccccc23)/C=CC/1=C1\C(=O)C(c2ccc(N(c3ccccc3)c3cccc4ccccc34)cc2NC(=O)C(C)(C)CC)=C1O. The molecule has 7 aromatic carbocycles. The molecule has 0 fully saturated rings. The van der Waals surface area contributed by atoms with Crippen LogP contribution in [0.25, 0.3) is 27.1 Å². The monoisotopic (exact) mass is 895 g/mol. The maximum Gasteiger partial charge on any atom is 0.230 e. The van der Waals surface area contributed by atoms with Crippen LogP contribution in [0.4, 0.5) is 34.1 Å². The fourth-order valence-corrected chi connectivity index (χ4v) is 8.61. The minimum atomic E-state index is -0.736. The van der Waals surface area contributed by atoms with Gasteiger partial charge in [-0.25, -0.2) is 0 Å². The number of ketones is 1. The average molecular weight is 896 g/mol. The summed E-state index contributed by atoms with van der Waals surface area (Å²) >= 11 is 0. The van der Waals surface area contributed by atoms with Gasteiger partial charge >= 0.3 is 0 Å². The summed E-state index contributed by atoms with van der Waals surface area (Å²) in [6.45, 7) is 11.5. The quantitative estimate of drug-likeness (QED) is 0.0838. The molecular weight excluding hydrogens is 841 g/mol. The lowest BCUT2D eigenvalue weighted by Gasteiger charge is -2.31. The summed E-state index contributed by atoms with van der Waals surface area (Å²) in [5.74, 6) is -1.09. The lowest BCUT2D eigenvalue weighted by Crippen LogP contribution is -2.38. The van der Waals surface area contributed by atoms with E-state index in [-0.39, 0.29) is 28.7 Å². The molecule has 0 aliphatic heterocycles. The molecule has 68 heavy (non-hydrogen) atoms. The molecule has 2 aliphatic rings. The van der Waals surface area contributed by atoms with E-state index in [1.807, 2.05) is 163 Å². The number of fused-ring (bicyclic) bond motifs is 2. The number of rotatable bonds is 12. The molecule has 0 bridgehead atoms. The van der Waals surface area contributed by atoms with Crippen LogP contribution in [0.5, 0.6) is 0 Å². The van der Waals surface area contributed by atoms with Gasteiger partial charge in [-0.2, -0.15) is 4.58 Å². The van der Waals surface area contributed by atoms with Crippen LogP contribution >= 0.6 is 0 Å². The van der Waals surface area contributed by atoms with Crippen LogP contribution in [0, 0.1) is 10.8 Å². The molecule has 8 nitrogen and oxygen atoms in total. The second kappa shape index (κ2) is 18.3. The van der Waals surface area contributed by atoms with Gasteiger partial charge in [-0.05, 0) is 72.2 Å². The van der Waals surface area contributed by atoms with Gasteiger partial charge in [0.25, 0.3) is 0 Å². The molecule has 0 aromatic heterocycles. The molecule has 0 radical (unpaired) electrons. The molecular formula is C60H55N4O4+. The number of nitrogens with zero attached hydrogens (tertiary/aromatic N) is 2. The number of hydrogen-bond acceptors (Lipinski definition) is 5. The highest BCUT2D eigenvalue weighted by Crippen LogP contribution is 2.46. The third kappa shape index (κ3) is 8.34. The molecule has 0 saturated heterocycles. The summed E-state index contributed by atoms with van der Waals surface area (Å²) in [7, 11) is 0. The number of nitrogens with one attached hydrogen (secondary N) is 2. The molecule has 338 valence electrons. The number of carbonyl (C=O) groups is 3. The van der Waals surface area contributed by atoms with E-state index in [1.54, 1.807) is 12.1 Å². The number of para-hydroxylation sites is 2. The third-order valence-corrected chi connectivity index (χ3v) is 13.5. The minimum absolute atomic E-state index is 0.0736. The van der Waals surface area contributed by atoms with Gasteiger partial charge < -0.3 is 20.6 Å². The van der Waals surface area contributed by atoms with Crippen LogP contribution in [0.15, 0.2) is 205 Å². The van der Waals surface area contributed by atoms with Crippen molar-refractivity contribution in [3.8, 4) is 0 Å². The molecule has 2 amide bonds. The predicted molar refractivity (Wildman–Crippen MR) is 279 cm³/mol. The maximum atomic E-state index is 14.9. The summed E-state index contributed by atoms with van der Waals surface area (Å²) in [5.41, 5.74) is 5.34. The Morgan fingerprint density at radius 1 is 0.603 bits per heavy atom. The van der Waals surface area contributed by atoms with E-state index in [4.69, 9.17) is 0 Å². The normalized spacial score (nSPS) is 15.8. The highest BCUT2D eigenvalue weighted by molar-refractivity contribution is 6.40. The van der Waals surface area contributed by atoms with Crippen LogP contribution in [0.3, 0.4) is 0 Å². The number of Topliss-reactive ketones (excluding diaryl/α,β-unsaturated/α-hetero) is 1. The van der Waals surface area contributed by atoms with Crippen molar-refractivity contribution < 1.29 is 19.5 Å². The van der Waals surface area contributed by atoms with Gasteiger partial charge in [0.1, 0.15) is 5.76 Å². The van der Waals surface area contributed by atoms with E-state index in [0.717, 1.165) is 55.7 Å². The molecule has 0 atom stereocenters. The van der Waals surface area contributed by atoms with Gasteiger partial charge in [-0.15, -0.1) is 0 Å². The average Bonchev–Trinajstić information content (AvgIpc) is 3.36. The van der Waals surface area contributed by atoms with E-state index >= 15 is 0 Å². The Balaban J connectivity index is 1.22. The van der Waals surface area contributed by atoms with Gasteiger partial charge in [0.2, 0.25) is 34.7 Å². The topological polar surface area (TPSA) is 102 Å². The Labute approximate surface area is 398 Å². The van der Waals surface area contributed by atoms with Crippen LogP contribution in [0.1, 0.15) is 59.9 Å². The van der Waals surface area contributed by atoms with Crippen molar-refractivity contribution in [3.05, 3.63) is 210 Å². The first-order valence-electron chi connectivity index (χ1n) is 23.2. The fraction of sp³-hybridized carbons (Fsp3) is 0.167. The van der Waals surface area contributed by atoms with Crippen molar-refractivity contribution in [1.29, 1.82) is 0 Å². The summed E-state index contributed by atoms with van der Waals surface area (Å²) in [6, 6.07) is 54.3. The van der Waals surface area contributed by atoms with E-state index in [1.165, 1.54) is 0 Å². The summed E-state index contributed by atoms with van der Waals surface area (Å²) in [6.07, 6.45) is 6.73. The Morgan fingerprint density at radius 3 is 1.84 bits per heavy atom. The molecule has 3 N–H and O–H groups in total. The lowest BCUT2D eigenvalue weighted by molar-refractivity contribution is -0.128. The second-order valence-electron chi connectivity index (χ2n) is 18.6. The van der Waals surface area contributed by atoms with Gasteiger partial charge in [0, 0.05) is 69.1 Å². The zero-order valence-electron chi connectivity index (χ0n) is 39.3. The van der Waals surface area contributed by atoms with Crippen LogP contribution < -0.4 is 20.1 Å². The number of aliphatic hydroxyl groups is 1. The van der Waals surface area contributed by atoms with Crippen molar-refractivity contribution in [1.82, 2.24) is 9.89 Å². The molecule has 7 aromatic rings. The van der Waals surface area contributed by atoms with Crippen molar-refractivity contribution in [2.24, 2.45) is 10.8 Å². The molecule has 0 saturated carbocycles. The molecule has 9 rings (SSSR count). The predicted octanol–water partition coefficient (Wildman–Crippen LogP) is 14.0. The van der Waals surface area contributed by atoms with Crippen LogP contribution in [0.2, 0.25) is 0 Å². The second-order valence-corrected chi connectivity index (χ2v) is 18.6. The van der Waals surface area contributed by atoms with Gasteiger partial charge in [0.05, 0.1) is 33.6 Å². The Morgan fingerprint density at radius 2 is 1.18 bits per heavy atom. The zero-order chi connectivity index (χ0) is 47.7. The molecule has 0 heterocycles. The zero-order valence-corrected chi connectivity index (χ0v) is 39.3. The van der Waals surface area contributed by atoms with Gasteiger partial charge in [-0.1, -0.05) is 145 Å². The first-order valence-corrected chi connectivity index (χ1v) is 23.2. The van der Waals surface area contributed by atoms with E-state index in [9.17, 15) is 19.5 Å². The van der Waals surface area contributed by atoms with Crippen molar-refractivity contribution >= 4 is 84.6 Å². The van der Waals surface area contributed by atoms with Gasteiger partial charge in [-0.3, -0.25) is 14.4 Å². The van der Waals surface area contributed by atoms with Crippen LogP contribution in [-0.2, 0) is 14.4 Å². The largest absolute Gasteiger partial charge is 0.506 e. The number of benzene rings is 7. The highest BCUT2D eigenvalue weighted by atomic mass is 16.3. The smallest absolute Gasteiger partial charge is 0.230 e. The lowest BCUT2D eigenvalue weighted by atomic mass is 9.78. The van der Waals surface area contributed by atoms with E-state index in [0.29, 0.717) is 35.4 Å². The molecule has 2 aliphatic carbocycles. The number of allylic oxidation sites excluding steroid dienone is 5. The van der Waals surface area contributed by atoms with Crippen molar-refractivity contribution in [2.45, 2.75) is 54.4 Å². The molecule has 8 heteroatoms. The van der Waals surface area contributed by atoms with Gasteiger partial charge in [0.15, 0.2) is 0 Å². The summed E-state index contributed by atoms with van der Waals surface area (Å²) in [5, 5.41) is 22.8. The highest BCUT2D eigenvalue weighted by Gasteiger charge is 2.41. The molecule has 0 spiro atoms. The standard InChI is InChI=1S/C60H54N4O4/c1-7-59(3,4)57(67)61-49-37-43(63(41-25-11-9-12-26-41)51-31-19-23-39-21-15-17-29-45(39)51)33-35-47(49)53-55(65)54(56(53)66)48-36-34-44(38-50(48)62-58(68)60(5,6)8-2)64(42-27-13-10-14-28-42)52-32-20-24-40-22-16-18-30-46(40)52/h9-38H,7-8H2,1-6H3,(H2,61,62,65,66,67,68)/p+1. The maximum absolute atomic E-state index is 14.9. The first kappa shape index (κ1) is 45.1. The van der Waals surface area contributed by atoms with E-state index in [2.05, 4.69) is 68.6 Å². The molecule has 0 unspecified atom stereocenters. The summed E-state index contributed by atoms with van der Waals surface area (Å²) in [4.78, 5) is 45.1. The Kier molecular flexibility index (Phi) is 12.1. The van der Waals surface area contributed by atoms with Crippen molar-refractivity contribution in [2.75, 3.05) is 10.2 Å². The minimum Gasteiger partial charge on any atom is -0.506 e. The summed E-state index contributed by atoms with van der Waals surface area (Å²) < 4.78 is 2.13. The Bertz CT molecular complexity index is 3310. The van der Waals surface area contributed by atoms with Crippen molar-refractivity contribution in [3.63, 3.8) is 0 Å². The van der Waals surface area contributed by atoms with E-state index < -0.39 is 16.6 Å². The third-order valence-electron chi connectivity index (χ3n) is 13.5. The number of aliphatic hydroxyl groups excluding tert-OH is 1. The number of amides is 2. The Hall–Kier alpha value is -8.10.